The number of nitriles is 1. The minimum Gasteiger partial charge on any atom is -0.388 e. The maximum atomic E-state index is 10.8. The molecule has 0 spiro atoms. The molecule has 3 heteroatoms. The van der Waals surface area contributed by atoms with Gasteiger partial charge in [0.1, 0.15) is 0 Å². The zero-order valence-electron chi connectivity index (χ0n) is 9.42. The third-order valence-corrected chi connectivity index (χ3v) is 4.49. The average molecular weight is 208 g/mol. The highest BCUT2D eigenvalue weighted by molar-refractivity contribution is 5.18. The van der Waals surface area contributed by atoms with Crippen LogP contribution in [0.15, 0.2) is 0 Å². The first-order chi connectivity index (χ1) is 7.18. The fourth-order valence-corrected chi connectivity index (χ4v) is 3.21. The summed E-state index contributed by atoms with van der Waals surface area (Å²) < 4.78 is 0. The quantitative estimate of drug-likeness (QED) is 0.722. The lowest BCUT2D eigenvalue weighted by atomic mass is 9.53. The maximum absolute atomic E-state index is 10.8. The first-order valence-electron chi connectivity index (χ1n) is 6.03. The topological polar surface area (TPSA) is 56.0 Å². The molecule has 2 N–H and O–H groups in total. The van der Waals surface area contributed by atoms with Crippen LogP contribution in [-0.2, 0) is 0 Å². The summed E-state index contributed by atoms with van der Waals surface area (Å²) in [5.74, 6) is 0.242. The van der Waals surface area contributed by atoms with E-state index in [1.54, 1.807) is 0 Å². The second kappa shape index (κ2) is 3.77. The van der Waals surface area contributed by atoms with Gasteiger partial charge < -0.3 is 10.4 Å². The van der Waals surface area contributed by atoms with Gasteiger partial charge in [0.25, 0.3) is 0 Å². The molecule has 2 aliphatic rings. The van der Waals surface area contributed by atoms with Gasteiger partial charge in [-0.25, -0.2) is 0 Å². The van der Waals surface area contributed by atoms with E-state index < -0.39 is 11.0 Å². The van der Waals surface area contributed by atoms with Gasteiger partial charge in [-0.1, -0.05) is 13.3 Å². The Bertz CT molecular complexity index is 280. The van der Waals surface area contributed by atoms with Crippen molar-refractivity contribution >= 4 is 0 Å². The molecule has 0 aromatic heterocycles. The third-order valence-electron chi connectivity index (χ3n) is 4.49. The van der Waals surface area contributed by atoms with Crippen molar-refractivity contribution in [2.75, 3.05) is 13.1 Å². The molecule has 0 amide bonds. The Balaban J connectivity index is 2.25. The smallest absolute Gasteiger partial charge is 0.0885 e. The van der Waals surface area contributed by atoms with Gasteiger partial charge in [0.05, 0.1) is 17.1 Å². The average Bonchev–Trinajstić information content (AvgIpc) is 2.17. The highest BCUT2D eigenvalue weighted by Gasteiger charge is 2.58. The van der Waals surface area contributed by atoms with E-state index in [4.69, 9.17) is 0 Å². The van der Waals surface area contributed by atoms with Gasteiger partial charge in [-0.2, -0.15) is 5.26 Å². The van der Waals surface area contributed by atoms with Crippen LogP contribution < -0.4 is 5.32 Å². The van der Waals surface area contributed by atoms with Gasteiger partial charge in [0.15, 0.2) is 0 Å². The van der Waals surface area contributed by atoms with Gasteiger partial charge >= 0.3 is 0 Å². The molecule has 0 bridgehead atoms. The van der Waals surface area contributed by atoms with E-state index in [1.165, 1.54) is 0 Å². The van der Waals surface area contributed by atoms with Crippen molar-refractivity contribution in [1.82, 2.24) is 5.32 Å². The Labute approximate surface area is 91.5 Å². The van der Waals surface area contributed by atoms with E-state index in [9.17, 15) is 10.4 Å². The van der Waals surface area contributed by atoms with Crippen molar-refractivity contribution in [2.45, 2.75) is 44.6 Å². The second-order valence-corrected chi connectivity index (χ2v) is 5.03. The van der Waals surface area contributed by atoms with Crippen LogP contribution in [0.1, 0.15) is 39.0 Å². The van der Waals surface area contributed by atoms with E-state index in [-0.39, 0.29) is 5.92 Å². The second-order valence-electron chi connectivity index (χ2n) is 5.03. The SMILES string of the molecule is CCC1CNCCC1(O)C1(C#N)CCC1. The summed E-state index contributed by atoms with van der Waals surface area (Å²) in [5, 5.41) is 23.5. The maximum Gasteiger partial charge on any atom is 0.0885 e. The van der Waals surface area contributed by atoms with Gasteiger partial charge in [0, 0.05) is 12.5 Å². The Morgan fingerprint density at radius 1 is 1.47 bits per heavy atom. The Morgan fingerprint density at radius 2 is 2.20 bits per heavy atom. The molecule has 1 aliphatic carbocycles. The monoisotopic (exact) mass is 208 g/mol. The van der Waals surface area contributed by atoms with Gasteiger partial charge in [-0.15, -0.1) is 0 Å². The minimum absolute atomic E-state index is 0.242. The fraction of sp³-hybridized carbons (Fsp3) is 0.917. The molecule has 2 fully saturated rings. The normalized spacial score (nSPS) is 39.1. The largest absolute Gasteiger partial charge is 0.388 e. The molecule has 1 heterocycles. The van der Waals surface area contributed by atoms with Crippen LogP contribution in [0.2, 0.25) is 0 Å². The van der Waals surface area contributed by atoms with Crippen LogP contribution >= 0.6 is 0 Å². The molecule has 2 unspecified atom stereocenters. The molecule has 84 valence electrons. The Kier molecular flexibility index (Phi) is 2.74. The summed E-state index contributed by atoms with van der Waals surface area (Å²) >= 11 is 0. The lowest BCUT2D eigenvalue weighted by Gasteiger charge is -2.54. The molecule has 1 saturated heterocycles. The Morgan fingerprint density at radius 3 is 2.67 bits per heavy atom. The van der Waals surface area contributed by atoms with Crippen molar-refractivity contribution in [3.8, 4) is 6.07 Å². The summed E-state index contributed by atoms with van der Waals surface area (Å²) in [4.78, 5) is 0. The molecule has 1 aliphatic heterocycles. The standard InChI is InChI=1S/C12H20N2O/c1-2-10-8-14-7-6-12(10,15)11(9-13)4-3-5-11/h10,14-15H,2-8H2,1H3. The third kappa shape index (κ3) is 1.39. The Hall–Kier alpha value is -0.590. The van der Waals surface area contributed by atoms with Crippen molar-refractivity contribution in [1.29, 1.82) is 5.26 Å². The van der Waals surface area contributed by atoms with Crippen LogP contribution in [0.4, 0.5) is 0 Å². The number of hydrogen-bond donors (Lipinski definition) is 2. The molecule has 0 radical (unpaired) electrons. The summed E-state index contributed by atoms with van der Waals surface area (Å²) in [5.41, 5.74) is -1.17. The van der Waals surface area contributed by atoms with E-state index in [1.807, 2.05) is 0 Å². The lowest BCUT2D eigenvalue weighted by Crippen LogP contribution is -2.61. The number of aliphatic hydroxyl groups is 1. The summed E-state index contributed by atoms with van der Waals surface area (Å²) in [6.07, 6.45) is 4.55. The summed E-state index contributed by atoms with van der Waals surface area (Å²) in [6.45, 7) is 3.80. The minimum atomic E-state index is -0.736. The number of nitrogens with zero attached hydrogens (tertiary/aromatic N) is 1. The molecular weight excluding hydrogens is 188 g/mol. The predicted molar refractivity (Wildman–Crippen MR) is 58.1 cm³/mol. The lowest BCUT2D eigenvalue weighted by molar-refractivity contribution is -0.148. The van der Waals surface area contributed by atoms with Gasteiger partial charge in [-0.05, 0) is 32.2 Å². The van der Waals surface area contributed by atoms with Crippen molar-refractivity contribution in [3.05, 3.63) is 0 Å². The molecule has 0 aromatic carbocycles. The molecule has 0 aromatic rings. The molecule has 3 nitrogen and oxygen atoms in total. The summed E-state index contributed by atoms with van der Waals surface area (Å²) in [6, 6.07) is 2.41. The van der Waals surface area contributed by atoms with Crippen molar-refractivity contribution in [2.24, 2.45) is 11.3 Å². The van der Waals surface area contributed by atoms with Crippen LogP contribution in [0.5, 0.6) is 0 Å². The molecule has 15 heavy (non-hydrogen) atoms. The van der Waals surface area contributed by atoms with Crippen LogP contribution in [0, 0.1) is 22.7 Å². The molecule has 2 atom stereocenters. The molecule has 1 saturated carbocycles. The fourth-order valence-electron chi connectivity index (χ4n) is 3.21. The summed E-state index contributed by atoms with van der Waals surface area (Å²) in [7, 11) is 0. The van der Waals surface area contributed by atoms with Crippen LogP contribution in [0.3, 0.4) is 0 Å². The number of hydrogen-bond acceptors (Lipinski definition) is 3. The van der Waals surface area contributed by atoms with E-state index in [2.05, 4.69) is 18.3 Å². The van der Waals surface area contributed by atoms with Crippen molar-refractivity contribution < 1.29 is 5.11 Å². The van der Waals surface area contributed by atoms with Crippen LogP contribution in [-0.4, -0.2) is 23.8 Å². The number of nitrogens with one attached hydrogen (secondary N) is 1. The van der Waals surface area contributed by atoms with E-state index in [0.717, 1.165) is 45.2 Å². The first kappa shape index (κ1) is 10.9. The van der Waals surface area contributed by atoms with Crippen molar-refractivity contribution in [3.63, 3.8) is 0 Å². The molecule has 2 rings (SSSR count). The molecular formula is C12H20N2O. The first-order valence-corrected chi connectivity index (χ1v) is 6.03. The van der Waals surface area contributed by atoms with Gasteiger partial charge in [-0.3, -0.25) is 0 Å². The number of piperidine rings is 1. The zero-order chi connectivity index (χ0) is 10.9. The highest BCUT2D eigenvalue weighted by atomic mass is 16.3. The van der Waals surface area contributed by atoms with E-state index in [0.29, 0.717) is 0 Å². The predicted octanol–water partition coefficient (Wildman–Crippen LogP) is 1.43. The van der Waals surface area contributed by atoms with Crippen LogP contribution in [0.25, 0.3) is 0 Å². The van der Waals surface area contributed by atoms with Gasteiger partial charge in [0.2, 0.25) is 0 Å². The highest BCUT2D eigenvalue weighted by Crippen LogP contribution is 2.54. The van der Waals surface area contributed by atoms with E-state index >= 15 is 0 Å². The number of rotatable bonds is 2. The zero-order valence-corrected chi connectivity index (χ0v) is 9.42.